The first-order valence-electron chi connectivity index (χ1n) is 9.22. The number of carbonyl (C=O) groups excluding carboxylic acids is 1. The predicted octanol–water partition coefficient (Wildman–Crippen LogP) is 3.69. The van der Waals surface area contributed by atoms with Crippen molar-refractivity contribution in [1.29, 1.82) is 0 Å². The van der Waals surface area contributed by atoms with E-state index in [9.17, 15) is 4.79 Å². The number of benzene rings is 1. The predicted molar refractivity (Wildman–Crippen MR) is 109 cm³/mol. The highest BCUT2D eigenvalue weighted by Crippen LogP contribution is 2.24. The summed E-state index contributed by atoms with van der Waals surface area (Å²) in [6, 6.07) is 15.3. The Morgan fingerprint density at radius 3 is 2.68 bits per heavy atom. The number of carbonyl (C=O) groups is 1. The first-order valence-corrected chi connectivity index (χ1v) is 9.22. The second-order valence-corrected chi connectivity index (χ2v) is 6.93. The second-order valence-electron chi connectivity index (χ2n) is 6.93. The maximum absolute atomic E-state index is 13.1. The van der Waals surface area contributed by atoms with Crippen LogP contribution in [0.15, 0.2) is 60.9 Å². The van der Waals surface area contributed by atoms with E-state index in [0.717, 1.165) is 33.5 Å². The molecule has 0 saturated carbocycles. The molecule has 4 rings (SSSR count). The first-order chi connectivity index (χ1) is 13.6. The average Bonchev–Trinajstić information content (AvgIpc) is 3.12. The van der Waals surface area contributed by atoms with Crippen molar-refractivity contribution in [3.63, 3.8) is 0 Å². The fraction of sp³-hybridized carbons (Fsp3) is 0.182. The number of nitrogens with one attached hydrogen (secondary N) is 2. The van der Waals surface area contributed by atoms with Crippen molar-refractivity contribution >= 4 is 16.8 Å². The van der Waals surface area contributed by atoms with Gasteiger partial charge in [-0.05, 0) is 44.2 Å². The van der Waals surface area contributed by atoms with Crippen LogP contribution in [0.25, 0.3) is 22.2 Å². The van der Waals surface area contributed by atoms with Gasteiger partial charge in [0, 0.05) is 41.5 Å². The van der Waals surface area contributed by atoms with Gasteiger partial charge in [0.15, 0.2) is 0 Å². The van der Waals surface area contributed by atoms with Gasteiger partial charge in [0.2, 0.25) is 0 Å². The number of nitrogens with zero attached hydrogens (tertiary/aromatic N) is 3. The molecule has 140 valence electrons. The summed E-state index contributed by atoms with van der Waals surface area (Å²) in [6.07, 6.45) is 4.11. The molecular weight excluding hydrogens is 350 g/mol. The maximum Gasteiger partial charge on any atom is 0.252 e. The van der Waals surface area contributed by atoms with Crippen LogP contribution >= 0.6 is 0 Å². The van der Waals surface area contributed by atoms with Crippen LogP contribution in [-0.4, -0.2) is 32.1 Å². The number of aryl methyl sites for hydroxylation is 1. The standard InChI is InChI=1S/C22H21N5O/c1-14(11-17-12-15(2)26-27-17)24-22(28)19-13-21(16-7-9-23-10-8-16)25-20-6-4-3-5-18(19)20/h3-10,12-14H,11H2,1-2H3,(H,24,28)(H,26,27)/t14-/m0/s1. The van der Waals surface area contributed by atoms with Crippen LogP contribution < -0.4 is 5.32 Å². The topological polar surface area (TPSA) is 83.6 Å². The average molecular weight is 371 g/mol. The normalized spacial score (nSPS) is 12.1. The molecule has 0 unspecified atom stereocenters. The Bertz CT molecular complexity index is 1120. The van der Waals surface area contributed by atoms with Crippen LogP contribution in [0.1, 0.15) is 28.7 Å². The van der Waals surface area contributed by atoms with Gasteiger partial charge in [-0.15, -0.1) is 0 Å². The van der Waals surface area contributed by atoms with Crippen molar-refractivity contribution in [2.24, 2.45) is 0 Å². The van der Waals surface area contributed by atoms with Crippen molar-refractivity contribution in [3.05, 3.63) is 77.9 Å². The minimum absolute atomic E-state index is 0.0495. The Labute approximate surface area is 163 Å². The number of fused-ring (bicyclic) bond motifs is 1. The van der Waals surface area contributed by atoms with Gasteiger partial charge in [0.05, 0.1) is 22.5 Å². The van der Waals surface area contributed by atoms with E-state index in [-0.39, 0.29) is 11.9 Å². The number of aromatic amines is 1. The Kier molecular flexibility index (Phi) is 4.85. The van der Waals surface area contributed by atoms with Crippen LogP contribution in [0, 0.1) is 6.92 Å². The van der Waals surface area contributed by atoms with Crippen molar-refractivity contribution in [1.82, 2.24) is 25.5 Å². The Hall–Kier alpha value is -3.54. The molecule has 0 bridgehead atoms. The van der Waals surface area contributed by atoms with Gasteiger partial charge in [-0.3, -0.25) is 14.9 Å². The van der Waals surface area contributed by atoms with Crippen LogP contribution in [0.5, 0.6) is 0 Å². The maximum atomic E-state index is 13.1. The number of hydrogen-bond donors (Lipinski definition) is 2. The molecule has 2 N–H and O–H groups in total. The van der Waals surface area contributed by atoms with Crippen molar-refractivity contribution in [3.8, 4) is 11.3 Å². The number of aromatic nitrogens is 4. The quantitative estimate of drug-likeness (QED) is 0.560. The van der Waals surface area contributed by atoms with E-state index in [4.69, 9.17) is 4.98 Å². The molecule has 1 atom stereocenters. The second kappa shape index (κ2) is 7.60. The molecule has 0 aliphatic carbocycles. The fourth-order valence-corrected chi connectivity index (χ4v) is 3.28. The van der Waals surface area contributed by atoms with E-state index < -0.39 is 0 Å². The molecule has 6 nitrogen and oxygen atoms in total. The molecule has 0 spiro atoms. The molecule has 0 fully saturated rings. The summed E-state index contributed by atoms with van der Waals surface area (Å²) in [7, 11) is 0. The third kappa shape index (κ3) is 3.76. The molecular formula is C22H21N5O. The van der Waals surface area contributed by atoms with Gasteiger partial charge in [-0.1, -0.05) is 18.2 Å². The van der Waals surface area contributed by atoms with Crippen LogP contribution in [-0.2, 0) is 6.42 Å². The molecule has 6 heteroatoms. The molecule has 0 aliphatic heterocycles. The van der Waals surface area contributed by atoms with Gasteiger partial charge >= 0.3 is 0 Å². The Morgan fingerprint density at radius 2 is 1.93 bits per heavy atom. The minimum Gasteiger partial charge on any atom is -0.349 e. The molecule has 1 amide bonds. The molecule has 0 radical (unpaired) electrons. The molecule has 28 heavy (non-hydrogen) atoms. The highest BCUT2D eigenvalue weighted by atomic mass is 16.1. The molecule has 3 heterocycles. The number of H-pyrrole nitrogens is 1. The van der Waals surface area contributed by atoms with Gasteiger partial charge in [-0.2, -0.15) is 5.10 Å². The highest BCUT2D eigenvalue weighted by molar-refractivity contribution is 6.07. The number of pyridine rings is 2. The summed E-state index contributed by atoms with van der Waals surface area (Å²) >= 11 is 0. The van der Waals surface area contributed by atoms with E-state index in [1.165, 1.54) is 0 Å². The smallest absolute Gasteiger partial charge is 0.252 e. The van der Waals surface area contributed by atoms with Crippen molar-refractivity contribution in [2.45, 2.75) is 26.3 Å². The van der Waals surface area contributed by atoms with Crippen molar-refractivity contribution in [2.75, 3.05) is 0 Å². The van der Waals surface area contributed by atoms with Crippen LogP contribution in [0.4, 0.5) is 0 Å². The van der Waals surface area contributed by atoms with E-state index in [2.05, 4.69) is 20.5 Å². The van der Waals surface area contributed by atoms with Crippen LogP contribution in [0.3, 0.4) is 0 Å². The first kappa shape index (κ1) is 17.9. The summed E-state index contributed by atoms with van der Waals surface area (Å²) < 4.78 is 0. The van der Waals surface area contributed by atoms with Crippen molar-refractivity contribution < 1.29 is 4.79 Å². The molecule has 3 aromatic heterocycles. The minimum atomic E-state index is -0.117. The van der Waals surface area contributed by atoms with Gasteiger partial charge in [0.25, 0.3) is 5.91 Å². The summed E-state index contributed by atoms with van der Waals surface area (Å²) in [5, 5.41) is 11.1. The zero-order valence-electron chi connectivity index (χ0n) is 15.8. The largest absolute Gasteiger partial charge is 0.349 e. The zero-order valence-corrected chi connectivity index (χ0v) is 15.8. The third-order valence-electron chi connectivity index (χ3n) is 4.59. The SMILES string of the molecule is Cc1cc(C[C@H](C)NC(=O)c2cc(-c3ccncc3)nc3ccccc23)n[nH]1. The van der Waals surface area contributed by atoms with Gasteiger partial charge < -0.3 is 5.32 Å². The summed E-state index contributed by atoms with van der Waals surface area (Å²) in [5.74, 6) is -0.117. The molecule has 0 aliphatic rings. The lowest BCUT2D eigenvalue weighted by molar-refractivity contribution is 0.0941. The highest BCUT2D eigenvalue weighted by Gasteiger charge is 2.16. The van der Waals surface area contributed by atoms with Crippen LogP contribution in [0.2, 0.25) is 0 Å². The number of rotatable bonds is 5. The monoisotopic (exact) mass is 371 g/mol. The lowest BCUT2D eigenvalue weighted by Crippen LogP contribution is -2.34. The summed E-state index contributed by atoms with van der Waals surface area (Å²) in [6.45, 7) is 3.94. The molecule has 0 saturated heterocycles. The fourth-order valence-electron chi connectivity index (χ4n) is 3.28. The molecule has 4 aromatic rings. The summed E-state index contributed by atoms with van der Waals surface area (Å²) in [4.78, 5) is 21.8. The lowest BCUT2D eigenvalue weighted by atomic mass is 10.0. The van der Waals surface area contributed by atoms with E-state index >= 15 is 0 Å². The zero-order chi connectivity index (χ0) is 19.5. The lowest BCUT2D eigenvalue weighted by Gasteiger charge is -2.15. The number of hydrogen-bond acceptors (Lipinski definition) is 4. The van der Waals surface area contributed by atoms with E-state index in [1.807, 2.05) is 62.4 Å². The summed E-state index contributed by atoms with van der Waals surface area (Å²) in [5.41, 5.74) is 5.02. The molecule has 1 aromatic carbocycles. The number of para-hydroxylation sites is 1. The van der Waals surface area contributed by atoms with Gasteiger partial charge in [0.1, 0.15) is 0 Å². The van der Waals surface area contributed by atoms with Gasteiger partial charge in [-0.25, -0.2) is 4.98 Å². The van der Waals surface area contributed by atoms with E-state index in [0.29, 0.717) is 12.0 Å². The van der Waals surface area contributed by atoms with E-state index in [1.54, 1.807) is 12.4 Å². The third-order valence-corrected chi connectivity index (χ3v) is 4.59. The number of amides is 1. The Morgan fingerprint density at radius 1 is 1.14 bits per heavy atom. The Balaban J connectivity index is 1.65.